The summed E-state index contributed by atoms with van der Waals surface area (Å²) >= 11 is 0. The molecule has 2 saturated heterocycles. The Hall–Kier alpha value is -1.50. The van der Waals surface area contributed by atoms with E-state index in [9.17, 15) is 9.59 Å². The highest BCUT2D eigenvalue weighted by Gasteiger charge is 2.26. The van der Waals surface area contributed by atoms with Crippen LogP contribution in [0.4, 0.5) is 9.59 Å². The third-order valence-electron chi connectivity index (χ3n) is 5.02. The van der Waals surface area contributed by atoms with Gasteiger partial charge in [0.1, 0.15) is 0 Å². The van der Waals surface area contributed by atoms with Gasteiger partial charge in [0.15, 0.2) is 0 Å². The quantitative estimate of drug-likeness (QED) is 0.816. The molecule has 2 heterocycles. The summed E-state index contributed by atoms with van der Waals surface area (Å²) in [6, 6.07) is 0.429. The van der Waals surface area contributed by atoms with Crippen molar-refractivity contribution in [2.75, 3.05) is 39.8 Å². The summed E-state index contributed by atoms with van der Waals surface area (Å²) in [5, 5.41) is 5.99. The molecule has 3 amide bonds. The molecular formula is C17H32N4O3. The van der Waals surface area contributed by atoms with E-state index in [2.05, 4.69) is 29.4 Å². The minimum atomic E-state index is -0.321. The average Bonchev–Trinajstić information content (AvgIpc) is 2.59. The fourth-order valence-corrected chi connectivity index (χ4v) is 3.60. The van der Waals surface area contributed by atoms with Gasteiger partial charge in [0, 0.05) is 38.3 Å². The molecule has 0 radical (unpaired) electrons. The van der Waals surface area contributed by atoms with Crippen molar-refractivity contribution in [3.05, 3.63) is 0 Å². The highest BCUT2D eigenvalue weighted by Crippen LogP contribution is 2.17. The maximum atomic E-state index is 12.1. The molecule has 0 spiro atoms. The normalized spacial score (nSPS) is 25.4. The Morgan fingerprint density at radius 1 is 1.17 bits per heavy atom. The molecule has 2 N–H and O–H groups in total. The summed E-state index contributed by atoms with van der Waals surface area (Å²) in [6.45, 7) is 8.58. The van der Waals surface area contributed by atoms with Gasteiger partial charge in [-0.3, -0.25) is 0 Å². The van der Waals surface area contributed by atoms with Gasteiger partial charge in [-0.05, 0) is 52.0 Å². The van der Waals surface area contributed by atoms with Crippen LogP contribution in [0.25, 0.3) is 0 Å². The monoisotopic (exact) mass is 340 g/mol. The van der Waals surface area contributed by atoms with Crippen molar-refractivity contribution in [3.8, 4) is 0 Å². The van der Waals surface area contributed by atoms with Gasteiger partial charge in [-0.25, -0.2) is 9.59 Å². The van der Waals surface area contributed by atoms with Crippen molar-refractivity contribution < 1.29 is 14.3 Å². The first kappa shape index (κ1) is 18.8. The van der Waals surface area contributed by atoms with E-state index in [1.54, 1.807) is 4.90 Å². The third-order valence-corrected chi connectivity index (χ3v) is 5.02. The summed E-state index contributed by atoms with van der Waals surface area (Å²) in [7, 11) is 1.39. The number of hydrogen-bond acceptors (Lipinski definition) is 4. The molecule has 24 heavy (non-hydrogen) atoms. The van der Waals surface area contributed by atoms with Crippen LogP contribution in [0.2, 0.25) is 0 Å². The molecule has 0 saturated carbocycles. The zero-order valence-corrected chi connectivity index (χ0v) is 15.2. The van der Waals surface area contributed by atoms with Crippen LogP contribution in [0.3, 0.4) is 0 Å². The first-order chi connectivity index (χ1) is 11.5. The topological polar surface area (TPSA) is 73.9 Å². The number of rotatable bonds is 4. The van der Waals surface area contributed by atoms with E-state index < -0.39 is 0 Å². The van der Waals surface area contributed by atoms with E-state index in [-0.39, 0.29) is 18.2 Å². The predicted molar refractivity (Wildman–Crippen MR) is 93.0 cm³/mol. The fourth-order valence-electron chi connectivity index (χ4n) is 3.60. The van der Waals surface area contributed by atoms with Crippen molar-refractivity contribution in [1.82, 2.24) is 20.4 Å². The minimum absolute atomic E-state index is 0.00336. The van der Waals surface area contributed by atoms with Crippen LogP contribution in [-0.2, 0) is 4.74 Å². The Kier molecular flexibility index (Phi) is 7.15. The number of carbonyl (C=O) groups is 2. The summed E-state index contributed by atoms with van der Waals surface area (Å²) < 4.78 is 4.75. The molecule has 7 heteroatoms. The van der Waals surface area contributed by atoms with Gasteiger partial charge in [-0.15, -0.1) is 0 Å². The summed E-state index contributed by atoms with van der Waals surface area (Å²) in [5.74, 6) is 0.518. The number of hydrogen-bond donors (Lipinski definition) is 2. The zero-order chi connectivity index (χ0) is 17.5. The number of ether oxygens (including phenoxy) is 1. The van der Waals surface area contributed by atoms with Gasteiger partial charge in [0.25, 0.3) is 0 Å². The van der Waals surface area contributed by atoms with Crippen molar-refractivity contribution in [2.45, 2.75) is 51.6 Å². The highest BCUT2D eigenvalue weighted by molar-refractivity contribution is 5.74. The van der Waals surface area contributed by atoms with Crippen LogP contribution in [0.5, 0.6) is 0 Å². The molecule has 0 aromatic heterocycles. The second-order valence-corrected chi connectivity index (χ2v) is 7.21. The van der Waals surface area contributed by atoms with Crippen molar-refractivity contribution >= 4 is 12.1 Å². The molecular weight excluding hydrogens is 308 g/mol. The Bertz CT molecular complexity index is 430. The summed E-state index contributed by atoms with van der Waals surface area (Å²) in [5.41, 5.74) is 0. The molecule has 138 valence electrons. The number of likely N-dealkylation sites (tertiary alicyclic amines) is 2. The van der Waals surface area contributed by atoms with Crippen LogP contribution in [0.1, 0.15) is 39.5 Å². The number of nitrogens with zero attached hydrogens (tertiary/aromatic N) is 2. The SMILES string of the molecule is COC(=O)N1CCC[C@@H](NC(=O)NC[C@@H]2CCCN(C(C)C)C2)C1. The molecule has 0 aromatic rings. The number of carbonyl (C=O) groups excluding carboxylic acids is 2. The Balaban J connectivity index is 1.70. The lowest BCUT2D eigenvalue weighted by Gasteiger charge is -2.35. The number of methoxy groups -OCH3 is 1. The molecule has 0 unspecified atom stereocenters. The van der Waals surface area contributed by atoms with Gasteiger partial charge in [0.05, 0.1) is 7.11 Å². The Labute approximate surface area is 145 Å². The van der Waals surface area contributed by atoms with Gasteiger partial charge < -0.3 is 25.2 Å². The second-order valence-electron chi connectivity index (χ2n) is 7.21. The molecule has 0 aromatic carbocycles. The van der Waals surface area contributed by atoms with E-state index in [0.29, 0.717) is 31.6 Å². The van der Waals surface area contributed by atoms with Crippen LogP contribution >= 0.6 is 0 Å². The maximum absolute atomic E-state index is 12.1. The summed E-state index contributed by atoms with van der Waals surface area (Å²) in [4.78, 5) is 27.9. The Morgan fingerprint density at radius 3 is 2.62 bits per heavy atom. The number of urea groups is 1. The number of piperidine rings is 2. The van der Waals surface area contributed by atoms with E-state index in [1.807, 2.05) is 0 Å². The van der Waals surface area contributed by atoms with E-state index in [4.69, 9.17) is 4.74 Å². The zero-order valence-electron chi connectivity index (χ0n) is 15.2. The molecule has 0 bridgehead atoms. The van der Waals surface area contributed by atoms with Crippen molar-refractivity contribution in [1.29, 1.82) is 0 Å². The number of amides is 3. The lowest BCUT2D eigenvalue weighted by Crippen LogP contribution is -2.53. The molecule has 7 nitrogen and oxygen atoms in total. The Morgan fingerprint density at radius 2 is 1.92 bits per heavy atom. The first-order valence-electron chi connectivity index (χ1n) is 9.11. The second kappa shape index (κ2) is 9.11. The van der Waals surface area contributed by atoms with Crippen LogP contribution in [-0.4, -0.2) is 73.8 Å². The van der Waals surface area contributed by atoms with E-state index in [1.165, 1.54) is 20.0 Å². The number of nitrogens with one attached hydrogen (secondary N) is 2. The van der Waals surface area contributed by atoms with Crippen LogP contribution in [0.15, 0.2) is 0 Å². The van der Waals surface area contributed by atoms with Crippen LogP contribution in [0, 0.1) is 5.92 Å². The van der Waals surface area contributed by atoms with E-state index in [0.717, 1.165) is 25.9 Å². The third kappa shape index (κ3) is 5.54. The highest BCUT2D eigenvalue weighted by atomic mass is 16.5. The van der Waals surface area contributed by atoms with Gasteiger partial charge >= 0.3 is 12.1 Å². The lowest BCUT2D eigenvalue weighted by molar-refractivity contribution is 0.107. The fraction of sp³-hybridized carbons (Fsp3) is 0.882. The minimum Gasteiger partial charge on any atom is -0.453 e. The van der Waals surface area contributed by atoms with Crippen LogP contribution < -0.4 is 10.6 Å². The average molecular weight is 340 g/mol. The van der Waals surface area contributed by atoms with Gasteiger partial charge in [0.2, 0.25) is 0 Å². The smallest absolute Gasteiger partial charge is 0.409 e. The molecule has 2 aliphatic rings. The lowest BCUT2D eigenvalue weighted by atomic mass is 9.97. The molecule has 2 rings (SSSR count). The molecule has 0 aliphatic carbocycles. The largest absolute Gasteiger partial charge is 0.453 e. The van der Waals surface area contributed by atoms with E-state index >= 15 is 0 Å². The molecule has 2 aliphatic heterocycles. The predicted octanol–water partition coefficient (Wildman–Crippen LogP) is 1.64. The maximum Gasteiger partial charge on any atom is 0.409 e. The van der Waals surface area contributed by atoms with Crippen molar-refractivity contribution in [3.63, 3.8) is 0 Å². The first-order valence-corrected chi connectivity index (χ1v) is 9.11. The van der Waals surface area contributed by atoms with Gasteiger partial charge in [-0.2, -0.15) is 0 Å². The van der Waals surface area contributed by atoms with Gasteiger partial charge in [-0.1, -0.05) is 0 Å². The summed E-state index contributed by atoms with van der Waals surface area (Å²) in [6.07, 6.45) is 3.82. The molecule has 2 atom stereocenters. The molecule has 2 fully saturated rings. The van der Waals surface area contributed by atoms with Crippen molar-refractivity contribution in [2.24, 2.45) is 5.92 Å². The standard InChI is InChI=1S/C17H32N4O3/c1-13(2)20-8-4-6-14(11-20)10-18-16(22)19-15-7-5-9-21(12-15)17(23)24-3/h13-15H,4-12H2,1-3H3,(H2,18,19,22)/t14-,15+/m0/s1.